The van der Waals surface area contributed by atoms with Crippen LogP contribution in [0, 0.1) is 0 Å². The predicted octanol–water partition coefficient (Wildman–Crippen LogP) is 2.92. The summed E-state index contributed by atoms with van der Waals surface area (Å²) in [5.41, 5.74) is 1.40. The maximum Gasteiger partial charge on any atom is 0.243 e. The van der Waals surface area contributed by atoms with Crippen LogP contribution in [0.15, 0.2) is 52.0 Å². The van der Waals surface area contributed by atoms with Gasteiger partial charge in [-0.25, -0.2) is 17.8 Å². The third-order valence-electron chi connectivity index (χ3n) is 3.24. The first-order valence-corrected chi connectivity index (χ1v) is 8.32. The Hall–Kier alpha value is -1.96. The first kappa shape index (κ1) is 15.0. The summed E-state index contributed by atoms with van der Waals surface area (Å²) in [5.74, 6) is 0. The Balaban J connectivity index is 1.93. The number of nitrogens with zero attached hydrogens (tertiary/aromatic N) is 2. The molecule has 1 heterocycles. The van der Waals surface area contributed by atoms with Crippen LogP contribution in [0.3, 0.4) is 0 Å². The van der Waals surface area contributed by atoms with Crippen molar-refractivity contribution in [2.75, 3.05) is 0 Å². The van der Waals surface area contributed by atoms with Crippen molar-refractivity contribution in [1.29, 1.82) is 0 Å². The quantitative estimate of drug-likeness (QED) is 0.791. The summed E-state index contributed by atoms with van der Waals surface area (Å²) in [6.45, 7) is 1.75. The SMILES string of the molecule is C[C@H](NS(=O)(=O)c1cccc2nonc12)c1ccc(Cl)cc1. The standard InChI is InChI=1S/C14H12ClN3O3S/c1-9(10-5-7-11(15)8-6-10)18-22(19,20)13-4-2-3-12-14(13)17-21-16-12/h2-9,18H,1H3/t9-/m0/s1. The lowest BCUT2D eigenvalue weighted by atomic mass is 10.1. The van der Waals surface area contributed by atoms with E-state index in [0.717, 1.165) is 5.56 Å². The van der Waals surface area contributed by atoms with Gasteiger partial charge in [-0.15, -0.1) is 0 Å². The molecule has 1 atom stereocenters. The molecule has 0 aliphatic heterocycles. The van der Waals surface area contributed by atoms with E-state index in [-0.39, 0.29) is 10.4 Å². The molecular formula is C14H12ClN3O3S. The van der Waals surface area contributed by atoms with E-state index in [1.54, 1.807) is 43.3 Å². The maximum absolute atomic E-state index is 12.5. The van der Waals surface area contributed by atoms with Crippen molar-refractivity contribution in [2.24, 2.45) is 0 Å². The highest BCUT2D eigenvalue weighted by Gasteiger charge is 2.22. The van der Waals surface area contributed by atoms with Crippen molar-refractivity contribution in [1.82, 2.24) is 15.0 Å². The number of sulfonamides is 1. The molecule has 114 valence electrons. The topological polar surface area (TPSA) is 85.1 Å². The van der Waals surface area contributed by atoms with E-state index >= 15 is 0 Å². The summed E-state index contributed by atoms with van der Waals surface area (Å²) in [5, 5.41) is 7.90. The van der Waals surface area contributed by atoms with Gasteiger partial charge in [0.15, 0.2) is 5.52 Å². The monoisotopic (exact) mass is 337 g/mol. The highest BCUT2D eigenvalue weighted by Crippen LogP contribution is 2.23. The van der Waals surface area contributed by atoms with E-state index in [0.29, 0.717) is 10.5 Å². The van der Waals surface area contributed by atoms with Crippen LogP contribution in [0.1, 0.15) is 18.5 Å². The molecule has 0 saturated heterocycles. The minimum absolute atomic E-state index is 0.0343. The van der Waals surface area contributed by atoms with E-state index in [1.807, 2.05) is 0 Å². The number of nitrogens with one attached hydrogen (secondary N) is 1. The van der Waals surface area contributed by atoms with Gasteiger partial charge in [0.25, 0.3) is 0 Å². The molecule has 0 spiro atoms. The molecule has 3 rings (SSSR count). The molecule has 0 amide bonds. The first-order chi connectivity index (χ1) is 10.5. The summed E-state index contributed by atoms with van der Waals surface area (Å²) in [4.78, 5) is 0.0343. The van der Waals surface area contributed by atoms with Crippen molar-refractivity contribution in [3.05, 3.63) is 53.1 Å². The smallest absolute Gasteiger partial charge is 0.243 e. The lowest BCUT2D eigenvalue weighted by Crippen LogP contribution is -2.27. The van der Waals surface area contributed by atoms with Gasteiger partial charge >= 0.3 is 0 Å². The summed E-state index contributed by atoms with van der Waals surface area (Å²) in [6, 6.07) is 11.2. The van der Waals surface area contributed by atoms with E-state index in [9.17, 15) is 8.42 Å². The highest BCUT2D eigenvalue weighted by atomic mass is 35.5. The second-order valence-electron chi connectivity index (χ2n) is 4.78. The van der Waals surface area contributed by atoms with Gasteiger partial charge in [0, 0.05) is 11.1 Å². The molecule has 1 aromatic heterocycles. The second kappa shape index (κ2) is 5.68. The van der Waals surface area contributed by atoms with Gasteiger partial charge < -0.3 is 0 Å². The van der Waals surface area contributed by atoms with E-state index < -0.39 is 16.1 Å². The maximum atomic E-state index is 12.5. The fourth-order valence-electron chi connectivity index (χ4n) is 2.11. The summed E-state index contributed by atoms with van der Waals surface area (Å²) in [6.07, 6.45) is 0. The van der Waals surface area contributed by atoms with Crippen LogP contribution in [0.4, 0.5) is 0 Å². The van der Waals surface area contributed by atoms with Crippen molar-refractivity contribution in [3.63, 3.8) is 0 Å². The Morgan fingerprint density at radius 1 is 1.14 bits per heavy atom. The van der Waals surface area contributed by atoms with Crippen LogP contribution in [0.5, 0.6) is 0 Å². The number of aromatic nitrogens is 2. The molecule has 0 unspecified atom stereocenters. The number of fused-ring (bicyclic) bond motifs is 1. The average Bonchev–Trinajstić information content (AvgIpc) is 2.95. The van der Waals surface area contributed by atoms with Gasteiger partial charge in [-0.05, 0) is 47.1 Å². The van der Waals surface area contributed by atoms with Gasteiger partial charge in [-0.2, -0.15) is 0 Å². The zero-order valence-electron chi connectivity index (χ0n) is 11.5. The minimum atomic E-state index is -3.76. The summed E-state index contributed by atoms with van der Waals surface area (Å²) in [7, 11) is -3.76. The normalized spacial score (nSPS) is 13.4. The summed E-state index contributed by atoms with van der Waals surface area (Å²) < 4.78 is 32.3. The Labute approximate surface area is 132 Å². The number of benzene rings is 2. The number of hydrogen-bond donors (Lipinski definition) is 1. The third kappa shape index (κ3) is 2.83. The van der Waals surface area contributed by atoms with Crippen molar-refractivity contribution >= 4 is 32.7 Å². The van der Waals surface area contributed by atoms with Gasteiger partial charge in [-0.3, -0.25) is 0 Å². The van der Waals surface area contributed by atoms with Crippen LogP contribution in [-0.4, -0.2) is 18.7 Å². The van der Waals surface area contributed by atoms with E-state index in [2.05, 4.69) is 19.7 Å². The third-order valence-corrected chi connectivity index (χ3v) is 5.06. The van der Waals surface area contributed by atoms with Gasteiger partial charge in [0.1, 0.15) is 10.4 Å². The van der Waals surface area contributed by atoms with Crippen LogP contribution in [0.25, 0.3) is 11.0 Å². The fourth-order valence-corrected chi connectivity index (χ4v) is 3.62. The molecule has 0 saturated carbocycles. The minimum Gasteiger partial charge on any atom is -0.243 e. The zero-order chi connectivity index (χ0) is 15.7. The molecule has 0 bridgehead atoms. The molecule has 0 aliphatic carbocycles. The van der Waals surface area contributed by atoms with Crippen molar-refractivity contribution < 1.29 is 13.0 Å². The molecule has 1 N–H and O–H groups in total. The Bertz CT molecular complexity index is 906. The zero-order valence-corrected chi connectivity index (χ0v) is 13.1. The van der Waals surface area contributed by atoms with Crippen LogP contribution < -0.4 is 4.72 Å². The van der Waals surface area contributed by atoms with Gasteiger partial charge in [0.05, 0.1) is 0 Å². The van der Waals surface area contributed by atoms with Crippen LogP contribution >= 0.6 is 11.6 Å². The first-order valence-electron chi connectivity index (χ1n) is 6.46. The Morgan fingerprint density at radius 3 is 2.59 bits per heavy atom. The Morgan fingerprint density at radius 2 is 1.86 bits per heavy atom. The fraction of sp³-hybridized carbons (Fsp3) is 0.143. The highest BCUT2D eigenvalue weighted by molar-refractivity contribution is 7.89. The molecule has 0 aliphatic rings. The van der Waals surface area contributed by atoms with E-state index in [4.69, 9.17) is 11.6 Å². The molecule has 22 heavy (non-hydrogen) atoms. The summed E-state index contributed by atoms with van der Waals surface area (Å²) >= 11 is 5.83. The predicted molar refractivity (Wildman–Crippen MR) is 82.0 cm³/mol. The number of rotatable bonds is 4. The largest absolute Gasteiger partial charge is 0.243 e. The lowest BCUT2D eigenvalue weighted by molar-refractivity contribution is 0.315. The molecular weight excluding hydrogens is 326 g/mol. The van der Waals surface area contributed by atoms with E-state index in [1.165, 1.54) is 6.07 Å². The molecule has 2 aromatic carbocycles. The van der Waals surface area contributed by atoms with Crippen molar-refractivity contribution in [2.45, 2.75) is 17.9 Å². The van der Waals surface area contributed by atoms with Crippen LogP contribution in [-0.2, 0) is 10.0 Å². The molecule has 3 aromatic rings. The molecule has 6 nitrogen and oxygen atoms in total. The molecule has 0 radical (unpaired) electrons. The number of halogens is 1. The van der Waals surface area contributed by atoms with Gasteiger partial charge in [0.2, 0.25) is 10.0 Å². The lowest BCUT2D eigenvalue weighted by Gasteiger charge is -2.14. The van der Waals surface area contributed by atoms with Crippen LogP contribution in [0.2, 0.25) is 5.02 Å². The van der Waals surface area contributed by atoms with Gasteiger partial charge in [-0.1, -0.05) is 29.8 Å². The van der Waals surface area contributed by atoms with Crippen molar-refractivity contribution in [3.8, 4) is 0 Å². The second-order valence-corrected chi connectivity index (χ2v) is 6.90. The number of hydrogen-bond acceptors (Lipinski definition) is 5. The Kier molecular flexibility index (Phi) is 3.86. The molecule has 8 heteroatoms. The molecule has 0 fully saturated rings. The average molecular weight is 338 g/mol.